The molecule has 3 aliphatic heterocycles. The van der Waals surface area contributed by atoms with Crippen LogP contribution in [0.15, 0.2) is 11.8 Å². The standard InChI is InChI=1S/C29H47ClN6O4/c1-35(16-18-6-2-4-8-22(18)30)28(39)24(12-19-14-33-23-9-5-3-7-21(19)23)34-27(38)26-13-20(37)17-36(26)29(40)25-15-31-10-11-32-25/h14,18,20-26,31-33,37H,2-13,15-17H2,1H3,(H,34,38)/t18?,20?,21?,22?,23?,24-,25?,26-/m0/s1. The van der Waals surface area contributed by atoms with Gasteiger partial charge in [-0.1, -0.05) is 25.7 Å². The second-order valence-electron chi connectivity index (χ2n) is 12.5. The molecule has 0 radical (unpaired) electrons. The number of β-amino-alcohol motifs (C(OH)–C–C–N with tert-alkyl or cyclic N) is 1. The van der Waals surface area contributed by atoms with Gasteiger partial charge in [0.25, 0.3) is 0 Å². The van der Waals surface area contributed by atoms with Crippen molar-refractivity contribution < 1.29 is 19.5 Å². The van der Waals surface area contributed by atoms with Crippen LogP contribution in [0.3, 0.4) is 0 Å². The Bertz CT molecular complexity index is 959. The van der Waals surface area contributed by atoms with Gasteiger partial charge >= 0.3 is 0 Å². The molecule has 0 spiro atoms. The highest BCUT2D eigenvalue weighted by atomic mass is 35.5. The van der Waals surface area contributed by atoms with Crippen molar-refractivity contribution in [2.24, 2.45) is 11.8 Å². The number of rotatable bonds is 8. The average Bonchev–Trinajstić information content (AvgIpc) is 3.57. The topological polar surface area (TPSA) is 126 Å². The highest BCUT2D eigenvalue weighted by Crippen LogP contribution is 2.36. The first-order valence-corrected chi connectivity index (χ1v) is 15.8. The Labute approximate surface area is 243 Å². The number of fused-ring (bicyclic) bond motifs is 1. The van der Waals surface area contributed by atoms with Crippen molar-refractivity contribution in [3.8, 4) is 0 Å². The predicted molar refractivity (Wildman–Crippen MR) is 154 cm³/mol. The summed E-state index contributed by atoms with van der Waals surface area (Å²) in [7, 11) is 1.81. The molecule has 224 valence electrons. The maximum atomic E-state index is 13.9. The fourth-order valence-corrected chi connectivity index (χ4v) is 7.78. The molecule has 0 aromatic heterocycles. The number of halogens is 1. The fourth-order valence-electron chi connectivity index (χ4n) is 7.42. The van der Waals surface area contributed by atoms with E-state index < -0.39 is 24.2 Å². The van der Waals surface area contributed by atoms with Crippen molar-refractivity contribution in [1.29, 1.82) is 0 Å². The molecule has 5 rings (SSSR count). The summed E-state index contributed by atoms with van der Waals surface area (Å²) in [5.41, 5.74) is 1.18. The second kappa shape index (κ2) is 13.4. The number of aliphatic hydroxyl groups is 1. The summed E-state index contributed by atoms with van der Waals surface area (Å²) >= 11 is 6.62. The lowest BCUT2D eigenvalue weighted by Crippen LogP contribution is -2.60. The molecule has 40 heavy (non-hydrogen) atoms. The van der Waals surface area contributed by atoms with E-state index in [0.29, 0.717) is 38.0 Å². The van der Waals surface area contributed by atoms with Gasteiger partial charge in [0, 0.05) is 63.5 Å². The van der Waals surface area contributed by atoms with Crippen LogP contribution in [0.1, 0.15) is 64.2 Å². The summed E-state index contributed by atoms with van der Waals surface area (Å²) in [4.78, 5) is 44.2. The molecule has 3 heterocycles. The van der Waals surface area contributed by atoms with Crippen LogP contribution in [0.25, 0.3) is 0 Å². The third-order valence-corrected chi connectivity index (χ3v) is 10.3. The van der Waals surface area contributed by atoms with Crippen LogP contribution >= 0.6 is 11.6 Å². The minimum Gasteiger partial charge on any atom is -0.391 e. The Morgan fingerprint density at radius 1 is 1.15 bits per heavy atom. The van der Waals surface area contributed by atoms with E-state index in [1.54, 1.807) is 11.9 Å². The molecular weight excluding hydrogens is 532 g/mol. The monoisotopic (exact) mass is 578 g/mol. The van der Waals surface area contributed by atoms with Crippen molar-refractivity contribution in [3.05, 3.63) is 11.8 Å². The SMILES string of the molecule is CN(CC1CCCCC1Cl)C(=O)[C@H](CC1=CNC2CCCCC12)NC(=O)[C@@H]1CC(O)CN1C(=O)C1CNCCN1. The zero-order chi connectivity index (χ0) is 28.2. The first kappa shape index (κ1) is 29.6. The lowest BCUT2D eigenvalue weighted by Gasteiger charge is -2.34. The summed E-state index contributed by atoms with van der Waals surface area (Å²) in [6, 6.07) is -1.58. The van der Waals surface area contributed by atoms with E-state index in [0.717, 1.165) is 45.1 Å². The number of nitrogens with zero attached hydrogens (tertiary/aromatic N) is 2. The zero-order valence-electron chi connectivity index (χ0n) is 23.7. The minimum absolute atomic E-state index is 0.0595. The number of carbonyl (C=O) groups is 3. The fraction of sp³-hybridized carbons (Fsp3) is 0.828. The van der Waals surface area contributed by atoms with Crippen LogP contribution in [0, 0.1) is 11.8 Å². The summed E-state index contributed by atoms with van der Waals surface area (Å²) in [6.07, 6.45) is 10.7. The van der Waals surface area contributed by atoms with Gasteiger partial charge in [0.1, 0.15) is 12.1 Å². The Morgan fingerprint density at radius 3 is 2.70 bits per heavy atom. The van der Waals surface area contributed by atoms with Gasteiger partial charge in [-0.3, -0.25) is 14.4 Å². The molecule has 2 saturated heterocycles. The predicted octanol–water partition coefficient (Wildman–Crippen LogP) is 0.686. The Kier molecular flexibility index (Phi) is 9.92. The third kappa shape index (κ3) is 6.77. The van der Waals surface area contributed by atoms with Crippen molar-refractivity contribution >= 4 is 29.3 Å². The number of hydrogen-bond donors (Lipinski definition) is 5. The molecule has 6 unspecified atom stereocenters. The number of alkyl halides is 1. The number of likely N-dealkylation sites (tertiary alicyclic amines) is 1. The van der Waals surface area contributed by atoms with Crippen LogP contribution in [-0.4, -0.2) is 108 Å². The van der Waals surface area contributed by atoms with E-state index >= 15 is 0 Å². The molecule has 0 aromatic carbocycles. The molecule has 2 saturated carbocycles. The van der Waals surface area contributed by atoms with Crippen LogP contribution < -0.4 is 21.3 Å². The molecule has 10 nitrogen and oxygen atoms in total. The van der Waals surface area contributed by atoms with E-state index in [1.165, 1.54) is 23.3 Å². The summed E-state index contributed by atoms with van der Waals surface area (Å²) in [5, 5.41) is 23.5. The molecule has 5 N–H and O–H groups in total. The van der Waals surface area contributed by atoms with E-state index in [2.05, 4.69) is 27.5 Å². The maximum Gasteiger partial charge on any atom is 0.245 e. The first-order chi connectivity index (χ1) is 19.3. The van der Waals surface area contributed by atoms with Gasteiger partial charge in [-0.2, -0.15) is 0 Å². The lowest BCUT2D eigenvalue weighted by molar-refractivity contribution is -0.142. The molecule has 11 heteroatoms. The average molecular weight is 579 g/mol. The Balaban J connectivity index is 1.30. The van der Waals surface area contributed by atoms with Gasteiger partial charge in [-0.25, -0.2) is 0 Å². The summed E-state index contributed by atoms with van der Waals surface area (Å²) in [6.45, 7) is 2.62. The summed E-state index contributed by atoms with van der Waals surface area (Å²) in [5.74, 6) is -0.0711. The number of aliphatic hydroxyl groups excluding tert-OH is 1. The molecule has 2 aliphatic carbocycles. The van der Waals surface area contributed by atoms with Crippen LogP contribution in [0.5, 0.6) is 0 Å². The number of piperazine rings is 1. The van der Waals surface area contributed by atoms with E-state index in [1.807, 2.05) is 0 Å². The number of nitrogens with one attached hydrogen (secondary N) is 4. The van der Waals surface area contributed by atoms with Crippen LogP contribution in [0.4, 0.5) is 0 Å². The van der Waals surface area contributed by atoms with Crippen molar-refractivity contribution in [3.63, 3.8) is 0 Å². The molecule has 4 fully saturated rings. The zero-order valence-corrected chi connectivity index (χ0v) is 24.5. The van der Waals surface area contributed by atoms with E-state index in [9.17, 15) is 19.5 Å². The largest absolute Gasteiger partial charge is 0.391 e. The molecular formula is C29H47ClN6O4. The smallest absolute Gasteiger partial charge is 0.245 e. The quantitative estimate of drug-likeness (QED) is 0.268. The van der Waals surface area contributed by atoms with Gasteiger partial charge in [0.15, 0.2) is 0 Å². The van der Waals surface area contributed by atoms with Crippen molar-refractivity contribution in [2.75, 3.05) is 39.8 Å². The van der Waals surface area contributed by atoms with E-state index in [4.69, 9.17) is 11.6 Å². The van der Waals surface area contributed by atoms with Gasteiger partial charge in [0.05, 0.1) is 12.1 Å². The molecule has 0 bridgehead atoms. The maximum absolute atomic E-state index is 13.9. The van der Waals surface area contributed by atoms with Gasteiger partial charge in [-0.05, 0) is 49.8 Å². The Morgan fingerprint density at radius 2 is 1.93 bits per heavy atom. The van der Waals surface area contributed by atoms with Crippen LogP contribution in [-0.2, 0) is 14.4 Å². The van der Waals surface area contributed by atoms with Gasteiger partial charge in [-0.15, -0.1) is 11.6 Å². The first-order valence-electron chi connectivity index (χ1n) is 15.4. The number of carbonyl (C=O) groups excluding carboxylic acids is 3. The minimum atomic E-state index is -0.810. The number of amides is 3. The number of likely N-dealkylation sites (N-methyl/N-ethyl adjacent to an activating group) is 1. The summed E-state index contributed by atoms with van der Waals surface area (Å²) < 4.78 is 0. The molecule has 0 aromatic rings. The normalized spacial score (nSPS) is 34.8. The third-order valence-electron chi connectivity index (χ3n) is 9.68. The lowest BCUT2D eigenvalue weighted by atomic mass is 9.80. The Hall–Kier alpha value is -1.88. The van der Waals surface area contributed by atoms with Crippen molar-refractivity contribution in [1.82, 2.24) is 31.1 Å². The second-order valence-corrected chi connectivity index (χ2v) is 13.1. The van der Waals surface area contributed by atoms with Crippen molar-refractivity contribution in [2.45, 2.75) is 99.9 Å². The molecule has 8 atom stereocenters. The highest BCUT2D eigenvalue weighted by molar-refractivity contribution is 6.20. The molecule has 3 amide bonds. The van der Waals surface area contributed by atoms with Crippen LogP contribution in [0.2, 0.25) is 0 Å². The number of hydrogen-bond acceptors (Lipinski definition) is 7. The van der Waals surface area contributed by atoms with Gasteiger partial charge < -0.3 is 36.2 Å². The van der Waals surface area contributed by atoms with Gasteiger partial charge in [0.2, 0.25) is 17.7 Å². The molecule has 5 aliphatic rings. The van der Waals surface area contributed by atoms with E-state index in [-0.39, 0.29) is 42.0 Å². The highest BCUT2D eigenvalue weighted by Gasteiger charge is 2.43.